The van der Waals surface area contributed by atoms with Gasteiger partial charge in [-0.2, -0.15) is 0 Å². The van der Waals surface area contributed by atoms with Crippen LogP contribution >= 0.6 is 0 Å². The molecule has 1 saturated heterocycles. The van der Waals surface area contributed by atoms with Gasteiger partial charge in [-0.05, 0) is 18.8 Å². The number of amides is 3. The lowest BCUT2D eigenvalue weighted by Crippen LogP contribution is -2.51. The highest BCUT2D eigenvalue weighted by Gasteiger charge is 2.31. The molecule has 2 N–H and O–H groups in total. The molecular formula is C16H29N3O5. The standard InChI is InChI=1S/C16H29N3O5/c1-12(2)9-17-16(23)19-6-4-5-13(10-19)15(22)18(7-8-24-3)11-14(20)21/h12-13H,4-11H2,1-3H3,(H,17,23)(H,20,21). The van der Waals surface area contributed by atoms with E-state index in [0.29, 0.717) is 32.0 Å². The van der Waals surface area contributed by atoms with Gasteiger partial charge in [0.05, 0.1) is 12.5 Å². The molecule has 0 saturated carbocycles. The molecule has 1 fully saturated rings. The first kappa shape index (κ1) is 20.2. The molecule has 0 aromatic heterocycles. The fourth-order valence-electron chi connectivity index (χ4n) is 2.66. The summed E-state index contributed by atoms with van der Waals surface area (Å²) in [7, 11) is 1.50. The molecule has 8 nitrogen and oxygen atoms in total. The quantitative estimate of drug-likeness (QED) is 0.673. The van der Waals surface area contributed by atoms with Crippen LogP contribution in [-0.2, 0) is 14.3 Å². The molecule has 1 aliphatic rings. The van der Waals surface area contributed by atoms with Gasteiger partial charge in [0.1, 0.15) is 6.54 Å². The van der Waals surface area contributed by atoms with E-state index in [9.17, 15) is 14.4 Å². The normalized spacial score (nSPS) is 17.7. The van der Waals surface area contributed by atoms with Crippen LogP contribution in [0.2, 0.25) is 0 Å². The first-order valence-electron chi connectivity index (χ1n) is 8.37. The smallest absolute Gasteiger partial charge is 0.323 e. The maximum Gasteiger partial charge on any atom is 0.323 e. The van der Waals surface area contributed by atoms with E-state index in [2.05, 4.69) is 5.32 Å². The molecule has 0 aliphatic carbocycles. The second-order valence-electron chi connectivity index (χ2n) is 6.51. The zero-order valence-electron chi connectivity index (χ0n) is 14.8. The van der Waals surface area contributed by atoms with Crippen molar-refractivity contribution >= 4 is 17.9 Å². The fraction of sp³-hybridized carbons (Fsp3) is 0.812. The minimum absolute atomic E-state index is 0.164. The Bertz CT molecular complexity index is 441. The van der Waals surface area contributed by atoms with Crippen molar-refractivity contribution in [1.82, 2.24) is 15.1 Å². The third-order valence-corrected chi connectivity index (χ3v) is 3.92. The van der Waals surface area contributed by atoms with E-state index < -0.39 is 5.97 Å². The molecule has 3 amide bonds. The molecule has 0 aromatic carbocycles. The lowest BCUT2D eigenvalue weighted by molar-refractivity contribution is -0.147. The zero-order valence-corrected chi connectivity index (χ0v) is 14.8. The van der Waals surface area contributed by atoms with Crippen LogP contribution in [-0.4, -0.2) is 79.3 Å². The van der Waals surface area contributed by atoms with Crippen molar-refractivity contribution in [3.63, 3.8) is 0 Å². The number of carboxylic acid groups (broad SMARTS) is 1. The monoisotopic (exact) mass is 343 g/mol. The van der Waals surface area contributed by atoms with Gasteiger partial charge in [0.25, 0.3) is 0 Å². The molecule has 24 heavy (non-hydrogen) atoms. The van der Waals surface area contributed by atoms with Crippen LogP contribution < -0.4 is 5.32 Å². The van der Waals surface area contributed by atoms with Crippen LogP contribution in [0.5, 0.6) is 0 Å². The summed E-state index contributed by atoms with van der Waals surface area (Å²) in [5.74, 6) is -1.28. The summed E-state index contributed by atoms with van der Waals surface area (Å²) in [6.45, 7) is 5.73. The van der Waals surface area contributed by atoms with Crippen LogP contribution in [0.1, 0.15) is 26.7 Å². The van der Waals surface area contributed by atoms with Crippen LogP contribution in [0, 0.1) is 11.8 Å². The Hall–Kier alpha value is -1.83. The van der Waals surface area contributed by atoms with Gasteiger partial charge in [0.2, 0.25) is 5.91 Å². The Balaban J connectivity index is 2.64. The van der Waals surface area contributed by atoms with Crippen molar-refractivity contribution in [2.24, 2.45) is 11.8 Å². The number of methoxy groups -OCH3 is 1. The van der Waals surface area contributed by atoms with Gasteiger partial charge >= 0.3 is 12.0 Å². The van der Waals surface area contributed by atoms with Crippen LogP contribution in [0.25, 0.3) is 0 Å². The maximum atomic E-state index is 12.6. The van der Waals surface area contributed by atoms with Gasteiger partial charge < -0.3 is 25.0 Å². The van der Waals surface area contributed by atoms with Crippen LogP contribution in [0.3, 0.4) is 0 Å². The van der Waals surface area contributed by atoms with Gasteiger partial charge in [-0.25, -0.2) is 4.79 Å². The molecule has 0 bridgehead atoms. The van der Waals surface area contributed by atoms with E-state index in [0.717, 1.165) is 6.42 Å². The highest BCUT2D eigenvalue weighted by Crippen LogP contribution is 2.19. The van der Waals surface area contributed by atoms with E-state index >= 15 is 0 Å². The molecule has 0 spiro atoms. The number of carbonyl (C=O) groups excluding carboxylic acids is 2. The van der Waals surface area contributed by atoms with Gasteiger partial charge in [-0.15, -0.1) is 0 Å². The number of urea groups is 1. The van der Waals surface area contributed by atoms with E-state index in [1.54, 1.807) is 4.90 Å². The van der Waals surface area contributed by atoms with Gasteiger partial charge in [-0.1, -0.05) is 13.8 Å². The lowest BCUT2D eigenvalue weighted by Gasteiger charge is -2.34. The number of nitrogens with zero attached hydrogens (tertiary/aromatic N) is 2. The minimum Gasteiger partial charge on any atom is -0.480 e. The third-order valence-electron chi connectivity index (χ3n) is 3.92. The van der Waals surface area contributed by atoms with E-state index in [1.807, 2.05) is 13.8 Å². The second kappa shape index (κ2) is 10.1. The van der Waals surface area contributed by atoms with E-state index in [-0.39, 0.29) is 37.6 Å². The Morgan fingerprint density at radius 2 is 2.08 bits per heavy atom. The number of ether oxygens (including phenoxy) is 1. The van der Waals surface area contributed by atoms with Crippen molar-refractivity contribution in [3.05, 3.63) is 0 Å². The molecule has 1 heterocycles. The van der Waals surface area contributed by atoms with E-state index in [1.165, 1.54) is 12.0 Å². The first-order chi connectivity index (χ1) is 11.3. The molecule has 1 unspecified atom stereocenters. The first-order valence-corrected chi connectivity index (χ1v) is 8.37. The minimum atomic E-state index is -1.05. The number of nitrogens with one attached hydrogen (secondary N) is 1. The molecule has 1 rings (SSSR count). The second-order valence-corrected chi connectivity index (χ2v) is 6.51. The van der Waals surface area contributed by atoms with Gasteiger partial charge in [-0.3, -0.25) is 9.59 Å². The molecule has 1 atom stereocenters. The fourth-order valence-corrected chi connectivity index (χ4v) is 2.66. The summed E-state index contributed by atoms with van der Waals surface area (Å²) in [6, 6.07) is -0.164. The number of aliphatic carboxylic acids is 1. The number of hydrogen-bond donors (Lipinski definition) is 2. The Kier molecular flexibility index (Phi) is 8.53. The number of piperidine rings is 1. The van der Waals surface area contributed by atoms with Gasteiger partial charge in [0.15, 0.2) is 0 Å². The Morgan fingerprint density at radius 3 is 2.67 bits per heavy atom. The third kappa shape index (κ3) is 6.74. The number of likely N-dealkylation sites (tertiary alicyclic amines) is 1. The summed E-state index contributed by atoms with van der Waals surface area (Å²) in [5, 5.41) is 11.8. The molecule has 8 heteroatoms. The van der Waals surface area contributed by atoms with Crippen molar-refractivity contribution in [2.45, 2.75) is 26.7 Å². The summed E-state index contributed by atoms with van der Waals surface area (Å²) in [6.07, 6.45) is 1.40. The zero-order chi connectivity index (χ0) is 18.1. The topological polar surface area (TPSA) is 99.2 Å². The largest absolute Gasteiger partial charge is 0.480 e. The molecular weight excluding hydrogens is 314 g/mol. The van der Waals surface area contributed by atoms with Crippen molar-refractivity contribution in [3.8, 4) is 0 Å². The van der Waals surface area contributed by atoms with Crippen molar-refractivity contribution in [2.75, 3.05) is 46.4 Å². The van der Waals surface area contributed by atoms with Gasteiger partial charge in [0, 0.05) is 33.3 Å². The highest BCUT2D eigenvalue weighted by atomic mass is 16.5. The summed E-state index contributed by atoms with van der Waals surface area (Å²) < 4.78 is 4.94. The highest BCUT2D eigenvalue weighted by molar-refractivity contribution is 5.84. The SMILES string of the molecule is COCCN(CC(=O)O)C(=O)C1CCCN(C(=O)NCC(C)C)C1. The summed E-state index contributed by atoms with van der Waals surface area (Å²) >= 11 is 0. The average molecular weight is 343 g/mol. The molecule has 138 valence electrons. The summed E-state index contributed by atoms with van der Waals surface area (Å²) in [5.41, 5.74) is 0. The lowest BCUT2D eigenvalue weighted by atomic mass is 9.96. The van der Waals surface area contributed by atoms with Crippen LogP contribution in [0.15, 0.2) is 0 Å². The number of carboxylic acids is 1. The Morgan fingerprint density at radius 1 is 1.38 bits per heavy atom. The summed E-state index contributed by atoms with van der Waals surface area (Å²) in [4.78, 5) is 38.7. The molecule has 0 radical (unpaired) electrons. The maximum absolute atomic E-state index is 12.6. The van der Waals surface area contributed by atoms with Crippen molar-refractivity contribution < 1.29 is 24.2 Å². The number of carbonyl (C=O) groups is 3. The number of rotatable bonds is 8. The molecule has 0 aromatic rings. The van der Waals surface area contributed by atoms with Crippen LogP contribution in [0.4, 0.5) is 4.79 Å². The average Bonchev–Trinajstić information content (AvgIpc) is 2.55. The van der Waals surface area contributed by atoms with E-state index in [4.69, 9.17) is 9.84 Å². The van der Waals surface area contributed by atoms with Crippen molar-refractivity contribution in [1.29, 1.82) is 0 Å². The number of hydrogen-bond acceptors (Lipinski definition) is 4. The predicted octanol–water partition coefficient (Wildman–Crippen LogP) is 0.624. The molecule has 1 aliphatic heterocycles. The Labute approximate surface area is 143 Å². The predicted molar refractivity (Wildman–Crippen MR) is 88.6 cm³/mol.